The third kappa shape index (κ3) is 5.63. The van der Waals surface area contributed by atoms with Crippen LogP contribution in [0.25, 0.3) is 10.8 Å². The average Bonchev–Trinajstić information content (AvgIpc) is 2.93. The lowest BCUT2D eigenvalue weighted by Crippen LogP contribution is -2.39. The Labute approximate surface area is 210 Å². The van der Waals surface area contributed by atoms with Gasteiger partial charge in [0.05, 0.1) is 11.4 Å². The first-order valence-corrected chi connectivity index (χ1v) is 12.2. The van der Waals surface area contributed by atoms with E-state index in [1.807, 2.05) is 73.1 Å². The maximum Gasteiger partial charge on any atom is 0.319 e. The Morgan fingerprint density at radius 1 is 0.806 bits per heavy atom. The molecule has 0 atom stereocenters. The van der Waals surface area contributed by atoms with Gasteiger partial charge >= 0.3 is 6.03 Å². The molecule has 182 valence electrons. The molecule has 1 saturated heterocycles. The maximum absolute atomic E-state index is 12.9. The fourth-order valence-electron chi connectivity index (χ4n) is 4.58. The number of urea groups is 1. The van der Waals surface area contributed by atoms with Crippen LogP contribution < -0.4 is 20.9 Å². The van der Waals surface area contributed by atoms with Crippen molar-refractivity contribution in [3.05, 3.63) is 96.8 Å². The predicted octanol–water partition coefficient (Wildman–Crippen LogP) is 5.53. The summed E-state index contributed by atoms with van der Waals surface area (Å²) < 4.78 is 0. The number of amides is 3. The quantitative estimate of drug-likeness (QED) is 0.340. The summed E-state index contributed by atoms with van der Waals surface area (Å²) in [6, 6.07) is 24.5. The summed E-state index contributed by atoms with van der Waals surface area (Å²) in [6.45, 7) is 2.53. The van der Waals surface area contributed by atoms with Crippen LogP contribution in [0.3, 0.4) is 0 Å². The van der Waals surface area contributed by atoms with Crippen LogP contribution in [-0.2, 0) is 0 Å². The van der Waals surface area contributed by atoms with Gasteiger partial charge in [0.2, 0.25) is 0 Å². The Hall–Kier alpha value is -4.39. The van der Waals surface area contributed by atoms with Gasteiger partial charge < -0.3 is 20.9 Å². The van der Waals surface area contributed by atoms with Gasteiger partial charge in [-0.1, -0.05) is 42.5 Å². The van der Waals surface area contributed by atoms with E-state index in [-0.39, 0.29) is 11.9 Å². The third-order valence-electron chi connectivity index (χ3n) is 6.63. The summed E-state index contributed by atoms with van der Waals surface area (Å²) in [6.07, 6.45) is 5.66. The molecule has 0 saturated carbocycles. The molecule has 2 heterocycles. The monoisotopic (exact) mass is 479 g/mol. The highest BCUT2D eigenvalue weighted by Gasteiger charge is 2.20. The molecular formula is C29H29N5O2. The molecule has 36 heavy (non-hydrogen) atoms. The minimum atomic E-state index is -0.279. The summed E-state index contributed by atoms with van der Waals surface area (Å²) in [4.78, 5) is 32.0. The summed E-state index contributed by atoms with van der Waals surface area (Å²) in [5, 5.41) is 10.9. The number of pyridine rings is 1. The van der Waals surface area contributed by atoms with Gasteiger partial charge in [-0.05, 0) is 65.9 Å². The molecule has 3 N–H and O–H groups in total. The van der Waals surface area contributed by atoms with E-state index in [1.54, 1.807) is 18.2 Å². The van der Waals surface area contributed by atoms with Crippen LogP contribution in [0, 0.1) is 5.92 Å². The molecule has 1 fully saturated rings. The van der Waals surface area contributed by atoms with Crippen LogP contribution in [0.5, 0.6) is 0 Å². The van der Waals surface area contributed by atoms with E-state index in [0.717, 1.165) is 36.7 Å². The summed E-state index contributed by atoms with van der Waals surface area (Å²) in [5.41, 5.74) is 2.86. The van der Waals surface area contributed by atoms with Crippen molar-refractivity contribution in [1.29, 1.82) is 0 Å². The van der Waals surface area contributed by atoms with Gasteiger partial charge in [0.15, 0.2) is 0 Å². The first kappa shape index (κ1) is 23.4. The number of hydrogen-bond acceptors (Lipinski definition) is 4. The molecule has 4 aromatic rings. The zero-order valence-electron chi connectivity index (χ0n) is 20.0. The highest BCUT2D eigenvalue weighted by molar-refractivity contribution is 6.08. The number of carbonyl (C=O) groups excluding carboxylic acids is 2. The standard InChI is InChI=1S/C29H29N5O2/c35-28(24-10-9-22-5-1-2-6-23(22)19-24)32-26-7-3-4-8-27(26)33-29(36)31-20-21-13-17-34(18-14-21)25-11-15-30-16-12-25/h1-12,15-16,19,21H,13-14,17-18,20H2,(H,32,35)(H2,31,33,36). The fourth-order valence-corrected chi connectivity index (χ4v) is 4.58. The van der Waals surface area contributed by atoms with Crippen molar-refractivity contribution in [2.24, 2.45) is 5.92 Å². The zero-order chi connectivity index (χ0) is 24.7. The number of rotatable bonds is 6. The average molecular weight is 480 g/mol. The number of nitrogens with zero attached hydrogens (tertiary/aromatic N) is 2. The third-order valence-corrected chi connectivity index (χ3v) is 6.63. The van der Waals surface area contributed by atoms with Crippen LogP contribution in [0.4, 0.5) is 21.9 Å². The molecule has 7 heteroatoms. The zero-order valence-corrected chi connectivity index (χ0v) is 20.0. The SMILES string of the molecule is O=C(NCC1CCN(c2ccncc2)CC1)Nc1ccccc1NC(=O)c1ccc2ccccc2c1. The number of para-hydroxylation sites is 2. The molecule has 3 amide bonds. The fraction of sp³-hybridized carbons (Fsp3) is 0.207. The van der Waals surface area contributed by atoms with E-state index in [1.165, 1.54) is 5.69 Å². The van der Waals surface area contributed by atoms with Gasteiger partial charge in [-0.15, -0.1) is 0 Å². The van der Waals surface area contributed by atoms with Crippen LogP contribution in [0.15, 0.2) is 91.3 Å². The molecule has 0 radical (unpaired) electrons. The van der Waals surface area contributed by atoms with Crippen molar-refractivity contribution >= 4 is 39.8 Å². The second-order valence-corrected chi connectivity index (χ2v) is 9.03. The number of nitrogens with one attached hydrogen (secondary N) is 3. The van der Waals surface area contributed by atoms with Gasteiger partial charge in [0.25, 0.3) is 5.91 Å². The van der Waals surface area contributed by atoms with Crippen LogP contribution in [0.2, 0.25) is 0 Å². The van der Waals surface area contributed by atoms with Crippen molar-refractivity contribution in [2.45, 2.75) is 12.8 Å². The van der Waals surface area contributed by atoms with E-state index in [9.17, 15) is 9.59 Å². The van der Waals surface area contributed by atoms with E-state index >= 15 is 0 Å². The van der Waals surface area contributed by atoms with Gasteiger partial charge in [-0.2, -0.15) is 0 Å². The Morgan fingerprint density at radius 2 is 1.47 bits per heavy atom. The van der Waals surface area contributed by atoms with Gasteiger partial charge in [-0.3, -0.25) is 9.78 Å². The maximum atomic E-state index is 12.9. The smallest absolute Gasteiger partial charge is 0.319 e. The summed E-state index contributed by atoms with van der Waals surface area (Å²) in [7, 11) is 0. The second kappa shape index (κ2) is 10.9. The molecule has 5 rings (SSSR count). The topological polar surface area (TPSA) is 86.4 Å². The molecule has 0 unspecified atom stereocenters. The summed E-state index contributed by atoms with van der Waals surface area (Å²) in [5.74, 6) is 0.202. The largest absolute Gasteiger partial charge is 0.371 e. The van der Waals surface area contributed by atoms with Crippen molar-refractivity contribution in [2.75, 3.05) is 35.2 Å². The summed E-state index contributed by atoms with van der Waals surface area (Å²) >= 11 is 0. The Balaban J connectivity index is 1.14. The second-order valence-electron chi connectivity index (χ2n) is 9.03. The predicted molar refractivity (Wildman–Crippen MR) is 145 cm³/mol. The molecule has 7 nitrogen and oxygen atoms in total. The lowest BCUT2D eigenvalue weighted by atomic mass is 9.96. The Kier molecular flexibility index (Phi) is 7.07. The molecule has 1 aromatic heterocycles. The highest BCUT2D eigenvalue weighted by atomic mass is 16.2. The minimum Gasteiger partial charge on any atom is -0.371 e. The van der Waals surface area contributed by atoms with E-state index < -0.39 is 0 Å². The van der Waals surface area contributed by atoms with Crippen LogP contribution in [-0.4, -0.2) is 36.6 Å². The van der Waals surface area contributed by atoms with Crippen LogP contribution >= 0.6 is 0 Å². The minimum absolute atomic E-state index is 0.226. The normalized spacial score (nSPS) is 13.8. The van der Waals surface area contributed by atoms with Crippen LogP contribution in [0.1, 0.15) is 23.2 Å². The lowest BCUT2D eigenvalue weighted by Gasteiger charge is -2.33. The van der Waals surface area contributed by atoms with E-state index in [2.05, 4.69) is 25.8 Å². The van der Waals surface area contributed by atoms with E-state index in [4.69, 9.17) is 0 Å². The lowest BCUT2D eigenvalue weighted by molar-refractivity contribution is 0.102. The highest BCUT2D eigenvalue weighted by Crippen LogP contribution is 2.24. The van der Waals surface area contributed by atoms with Gasteiger partial charge in [0, 0.05) is 43.3 Å². The number of aromatic nitrogens is 1. The van der Waals surface area contributed by atoms with E-state index in [0.29, 0.717) is 29.4 Å². The Bertz CT molecular complexity index is 1350. The number of hydrogen-bond donors (Lipinski definition) is 3. The van der Waals surface area contributed by atoms with Crippen molar-refractivity contribution in [3.8, 4) is 0 Å². The van der Waals surface area contributed by atoms with Crippen molar-refractivity contribution < 1.29 is 9.59 Å². The first-order chi connectivity index (χ1) is 17.7. The Morgan fingerprint density at radius 3 is 2.22 bits per heavy atom. The molecular weight excluding hydrogens is 450 g/mol. The molecule has 1 aliphatic heterocycles. The first-order valence-electron chi connectivity index (χ1n) is 12.2. The molecule has 0 spiro atoms. The number of piperidine rings is 1. The molecule has 0 bridgehead atoms. The number of fused-ring (bicyclic) bond motifs is 1. The molecule has 1 aliphatic rings. The number of benzene rings is 3. The van der Waals surface area contributed by atoms with Gasteiger partial charge in [-0.25, -0.2) is 4.79 Å². The van der Waals surface area contributed by atoms with Gasteiger partial charge in [0.1, 0.15) is 0 Å². The molecule has 3 aromatic carbocycles. The number of carbonyl (C=O) groups is 2. The molecule has 0 aliphatic carbocycles. The van der Waals surface area contributed by atoms with Crippen molar-refractivity contribution in [1.82, 2.24) is 10.3 Å². The number of anilines is 3. The van der Waals surface area contributed by atoms with Crippen molar-refractivity contribution in [3.63, 3.8) is 0 Å².